The molecule has 0 heterocycles. The topological polar surface area (TPSA) is 46.2 Å². The van der Waals surface area contributed by atoms with E-state index in [9.17, 15) is 9.50 Å². The molecule has 0 spiro atoms. The van der Waals surface area contributed by atoms with Crippen LogP contribution in [0.4, 0.5) is 10.1 Å². The van der Waals surface area contributed by atoms with Crippen molar-refractivity contribution in [3.8, 4) is 16.9 Å². The highest BCUT2D eigenvalue weighted by atomic mass is 19.1. The zero-order chi connectivity index (χ0) is 11.7. The summed E-state index contributed by atoms with van der Waals surface area (Å²) in [6.07, 6.45) is 0. The average molecular weight is 217 g/mol. The van der Waals surface area contributed by atoms with E-state index in [4.69, 9.17) is 5.73 Å². The maximum absolute atomic E-state index is 13.2. The van der Waals surface area contributed by atoms with Gasteiger partial charge in [-0.25, -0.2) is 4.39 Å². The summed E-state index contributed by atoms with van der Waals surface area (Å²) in [7, 11) is 0. The summed E-state index contributed by atoms with van der Waals surface area (Å²) in [5.41, 5.74) is 8.26. The summed E-state index contributed by atoms with van der Waals surface area (Å²) in [5.74, 6) is -0.198. The Morgan fingerprint density at radius 2 is 1.75 bits per heavy atom. The molecule has 0 aromatic heterocycles. The van der Waals surface area contributed by atoms with Crippen molar-refractivity contribution in [1.82, 2.24) is 0 Å². The third-order valence-electron chi connectivity index (χ3n) is 2.52. The van der Waals surface area contributed by atoms with Crippen LogP contribution >= 0.6 is 0 Å². The number of hydrogen-bond acceptors (Lipinski definition) is 2. The number of anilines is 1. The van der Waals surface area contributed by atoms with Crippen molar-refractivity contribution < 1.29 is 9.50 Å². The fraction of sp³-hybridized carbons (Fsp3) is 0.0769. The van der Waals surface area contributed by atoms with Crippen LogP contribution in [0.15, 0.2) is 36.4 Å². The van der Waals surface area contributed by atoms with Crippen LogP contribution in [-0.2, 0) is 0 Å². The highest BCUT2D eigenvalue weighted by Crippen LogP contribution is 2.28. The van der Waals surface area contributed by atoms with E-state index < -0.39 is 5.82 Å². The normalized spacial score (nSPS) is 10.4. The van der Waals surface area contributed by atoms with Crippen molar-refractivity contribution >= 4 is 5.69 Å². The lowest BCUT2D eigenvalue weighted by Crippen LogP contribution is -1.93. The molecule has 0 bridgehead atoms. The lowest BCUT2D eigenvalue weighted by atomic mass is 9.99. The van der Waals surface area contributed by atoms with Crippen LogP contribution in [0.2, 0.25) is 0 Å². The molecule has 2 aromatic rings. The van der Waals surface area contributed by atoms with E-state index in [0.29, 0.717) is 0 Å². The van der Waals surface area contributed by atoms with E-state index in [-0.39, 0.29) is 11.4 Å². The summed E-state index contributed by atoms with van der Waals surface area (Å²) >= 11 is 0. The van der Waals surface area contributed by atoms with Gasteiger partial charge in [0.1, 0.15) is 11.6 Å². The smallest absolute Gasteiger partial charge is 0.146 e. The molecule has 16 heavy (non-hydrogen) atoms. The molecule has 0 saturated heterocycles. The molecule has 0 amide bonds. The Morgan fingerprint density at radius 3 is 2.38 bits per heavy atom. The number of aryl methyl sites for hydroxylation is 1. The van der Waals surface area contributed by atoms with Gasteiger partial charge in [0.2, 0.25) is 0 Å². The molecular weight excluding hydrogens is 205 g/mol. The zero-order valence-electron chi connectivity index (χ0n) is 8.87. The molecule has 2 nitrogen and oxygen atoms in total. The largest absolute Gasteiger partial charge is 0.508 e. The summed E-state index contributed by atoms with van der Waals surface area (Å²) in [6, 6.07) is 9.75. The van der Waals surface area contributed by atoms with Crippen LogP contribution in [0.25, 0.3) is 11.1 Å². The Labute approximate surface area is 93.2 Å². The highest BCUT2D eigenvalue weighted by molar-refractivity contribution is 5.71. The maximum atomic E-state index is 13.2. The fourth-order valence-corrected chi connectivity index (χ4v) is 1.64. The number of aromatic hydroxyl groups is 1. The van der Waals surface area contributed by atoms with Crippen molar-refractivity contribution in [2.45, 2.75) is 6.92 Å². The quantitative estimate of drug-likeness (QED) is 0.721. The van der Waals surface area contributed by atoms with Crippen LogP contribution in [0, 0.1) is 12.7 Å². The Kier molecular flexibility index (Phi) is 2.52. The minimum Gasteiger partial charge on any atom is -0.508 e. The Bertz CT molecular complexity index is 520. The van der Waals surface area contributed by atoms with Gasteiger partial charge in [-0.2, -0.15) is 0 Å². The molecule has 0 fully saturated rings. The predicted octanol–water partition coefficient (Wildman–Crippen LogP) is 3.09. The number of benzene rings is 2. The van der Waals surface area contributed by atoms with Crippen molar-refractivity contribution in [2.75, 3.05) is 5.73 Å². The second-order valence-electron chi connectivity index (χ2n) is 3.74. The van der Waals surface area contributed by atoms with E-state index in [1.165, 1.54) is 6.07 Å². The van der Waals surface area contributed by atoms with Gasteiger partial charge in [-0.15, -0.1) is 0 Å². The molecule has 2 aromatic carbocycles. The first kappa shape index (κ1) is 10.5. The third kappa shape index (κ3) is 1.84. The minimum atomic E-state index is -0.403. The van der Waals surface area contributed by atoms with Gasteiger partial charge in [0.15, 0.2) is 0 Å². The second-order valence-corrected chi connectivity index (χ2v) is 3.74. The van der Waals surface area contributed by atoms with E-state index in [0.717, 1.165) is 16.7 Å². The first-order valence-electron chi connectivity index (χ1n) is 4.93. The van der Waals surface area contributed by atoms with Crippen LogP contribution in [0.3, 0.4) is 0 Å². The van der Waals surface area contributed by atoms with Gasteiger partial charge < -0.3 is 10.8 Å². The summed E-state index contributed by atoms with van der Waals surface area (Å²) in [5, 5.41) is 9.19. The Balaban J connectivity index is 2.56. The van der Waals surface area contributed by atoms with Gasteiger partial charge in [-0.3, -0.25) is 0 Å². The average Bonchev–Trinajstić information content (AvgIpc) is 2.25. The molecule has 3 heteroatoms. The number of rotatable bonds is 1. The number of halogens is 1. The number of nitrogens with two attached hydrogens (primary N) is 1. The standard InChI is InChI=1S/C13H12FNO/c1-8-6-12(14)13(15)7-11(8)9-2-4-10(16)5-3-9/h2-7,16H,15H2,1H3. The Morgan fingerprint density at radius 1 is 1.12 bits per heavy atom. The van der Waals surface area contributed by atoms with Crippen LogP contribution in [-0.4, -0.2) is 5.11 Å². The van der Waals surface area contributed by atoms with Gasteiger partial charge >= 0.3 is 0 Å². The minimum absolute atomic E-state index is 0.133. The fourth-order valence-electron chi connectivity index (χ4n) is 1.64. The molecule has 0 radical (unpaired) electrons. The highest BCUT2D eigenvalue weighted by Gasteiger charge is 2.06. The van der Waals surface area contributed by atoms with Gasteiger partial charge in [0, 0.05) is 0 Å². The summed E-state index contributed by atoms with van der Waals surface area (Å²) in [6.45, 7) is 1.82. The van der Waals surface area contributed by atoms with Crippen molar-refractivity contribution in [3.05, 3.63) is 47.8 Å². The van der Waals surface area contributed by atoms with E-state index in [2.05, 4.69) is 0 Å². The van der Waals surface area contributed by atoms with Crippen molar-refractivity contribution in [1.29, 1.82) is 0 Å². The second kappa shape index (κ2) is 3.85. The first-order chi connectivity index (χ1) is 7.58. The van der Waals surface area contributed by atoms with Gasteiger partial charge in [-0.05, 0) is 47.9 Å². The van der Waals surface area contributed by atoms with E-state index >= 15 is 0 Å². The van der Waals surface area contributed by atoms with E-state index in [1.54, 1.807) is 30.3 Å². The molecule has 82 valence electrons. The number of hydrogen-bond donors (Lipinski definition) is 2. The van der Waals surface area contributed by atoms with Gasteiger partial charge in [-0.1, -0.05) is 12.1 Å². The molecule has 0 saturated carbocycles. The number of phenolic OH excluding ortho intramolecular Hbond substituents is 1. The lowest BCUT2D eigenvalue weighted by Gasteiger charge is -2.08. The zero-order valence-corrected chi connectivity index (χ0v) is 8.87. The van der Waals surface area contributed by atoms with Crippen LogP contribution in [0.5, 0.6) is 5.75 Å². The van der Waals surface area contributed by atoms with Gasteiger partial charge in [0.25, 0.3) is 0 Å². The monoisotopic (exact) mass is 217 g/mol. The summed E-state index contributed by atoms with van der Waals surface area (Å²) in [4.78, 5) is 0. The van der Waals surface area contributed by atoms with Crippen molar-refractivity contribution in [2.24, 2.45) is 0 Å². The third-order valence-corrected chi connectivity index (χ3v) is 2.52. The van der Waals surface area contributed by atoms with Crippen LogP contribution < -0.4 is 5.73 Å². The van der Waals surface area contributed by atoms with E-state index in [1.807, 2.05) is 6.92 Å². The molecule has 2 rings (SSSR count). The lowest BCUT2D eigenvalue weighted by molar-refractivity contribution is 0.475. The SMILES string of the molecule is Cc1cc(F)c(N)cc1-c1ccc(O)cc1. The summed E-state index contributed by atoms with van der Waals surface area (Å²) < 4.78 is 13.2. The molecule has 0 atom stereocenters. The molecule has 0 aliphatic carbocycles. The maximum Gasteiger partial charge on any atom is 0.146 e. The molecule has 0 aliphatic heterocycles. The number of phenols is 1. The van der Waals surface area contributed by atoms with Crippen molar-refractivity contribution in [3.63, 3.8) is 0 Å². The Hall–Kier alpha value is -2.03. The van der Waals surface area contributed by atoms with Crippen LogP contribution in [0.1, 0.15) is 5.56 Å². The molecule has 0 unspecified atom stereocenters. The molecule has 3 N–H and O–H groups in total. The molecule has 0 aliphatic rings. The molecular formula is C13H12FNO. The predicted molar refractivity (Wildman–Crippen MR) is 62.7 cm³/mol. The number of nitrogen functional groups attached to an aromatic ring is 1. The first-order valence-corrected chi connectivity index (χ1v) is 4.93. The van der Waals surface area contributed by atoms with Gasteiger partial charge in [0.05, 0.1) is 5.69 Å².